The van der Waals surface area contributed by atoms with E-state index in [0.717, 1.165) is 0 Å². The van der Waals surface area contributed by atoms with Crippen molar-refractivity contribution >= 4 is 0 Å². The fraction of sp³-hybridized carbons (Fsp3) is 0.300. The summed E-state index contributed by atoms with van der Waals surface area (Å²) < 4.78 is 13.5. The molecule has 0 bridgehead atoms. The van der Waals surface area contributed by atoms with Crippen molar-refractivity contribution in [3.8, 4) is 6.07 Å². The summed E-state index contributed by atoms with van der Waals surface area (Å²) in [4.78, 5) is 0. The Morgan fingerprint density at radius 2 is 2.36 bits per heavy atom. The number of aliphatic hydroxyl groups excluding tert-OH is 1. The Labute approximate surface area is 81.8 Å². The maximum Gasteiger partial charge on any atom is 0.145 e. The van der Waals surface area contributed by atoms with E-state index in [1.165, 1.54) is 6.07 Å². The molecule has 0 fully saturated rings. The molecule has 0 saturated heterocycles. The van der Waals surface area contributed by atoms with Gasteiger partial charge in [0, 0.05) is 5.56 Å². The van der Waals surface area contributed by atoms with Crippen LogP contribution in [0, 0.1) is 17.1 Å². The largest absolute Gasteiger partial charge is 0.394 e. The van der Waals surface area contributed by atoms with E-state index in [9.17, 15) is 4.39 Å². The first-order chi connectivity index (χ1) is 6.74. The van der Waals surface area contributed by atoms with Crippen LogP contribution in [-0.2, 0) is 0 Å². The maximum atomic E-state index is 13.5. The first kappa shape index (κ1) is 10.6. The predicted octanol–water partition coefficient (Wildman–Crippen LogP) is 0.950. The van der Waals surface area contributed by atoms with Crippen molar-refractivity contribution in [3.63, 3.8) is 0 Å². The van der Waals surface area contributed by atoms with Crippen molar-refractivity contribution < 1.29 is 9.50 Å². The second-order valence-corrected chi connectivity index (χ2v) is 2.84. The summed E-state index contributed by atoms with van der Waals surface area (Å²) in [5.41, 5.74) is 0.310. The smallest absolute Gasteiger partial charge is 0.145 e. The van der Waals surface area contributed by atoms with Gasteiger partial charge in [0.15, 0.2) is 0 Å². The van der Waals surface area contributed by atoms with Crippen molar-refractivity contribution in [2.75, 3.05) is 13.7 Å². The third-order valence-electron chi connectivity index (χ3n) is 2.06. The lowest BCUT2D eigenvalue weighted by atomic mass is 10.0. The normalized spacial score (nSPS) is 12.1. The third kappa shape index (κ3) is 1.90. The number of aliphatic hydroxyl groups is 1. The quantitative estimate of drug-likeness (QED) is 0.753. The molecule has 0 aromatic heterocycles. The molecule has 1 atom stereocenters. The Balaban J connectivity index is 3.15. The number of hydrogen-bond acceptors (Lipinski definition) is 3. The number of halogens is 1. The fourth-order valence-electron chi connectivity index (χ4n) is 1.25. The predicted molar refractivity (Wildman–Crippen MR) is 50.0 cm³/mol. The Hall–Kier alpha value is -1.44. The molecule has 0 aliphatic heterocycles. The van der Waals surface area contributed by atoms with Gasteiger partial charge in [-0.05, 0) is 13.1 Å². The molecule has 1 rings (SSSR count). The van der Waals surface area contributed by atoms with Crippen LogP contribution in [0.2, 0.25) is 0 Å². The molecular weight excluding hydrogens is 183 g/mol. The molecule has 14 heavy (non-hydrogen) atoms. The minimum Gasteiger partial charge on any atom is -0.394 e. The van der Waals surface area contributed by atoms with Crippen LogP contribution in [0.15, 0.2) is 18.2 Å². The highest BCUT2D eigenvalue weighted by Crippen LogP contribution is 2.18. The van der Waals surface area contributed by atoms with Gasteiger partial charge in [-0.1, -0.05) is 12.1 Å². The molecule has 1 unspecified atom stereocenters. The molecule has 0 heterocycles. The summed E-state index contributed by atoms with van der Waals surface area (Å²) in [6.45, 7) is -0.206. The summed E-state index contributed by atoms with van der Waals surface area (Å²) in [6.07, 6.45) is 0. The average molecular weight is 194 g/mol. The zero-order chi connectivity index (χ0) is 10.6. The second kappa shape index (κ2) is 4.70. The van der Waals surface area contributed by atoms with Gasteiger partial charge in [-0.15, -0.1) is 0 Å². The standard InChI is InChI=1S/C10H11FN2O/c1-13-9(6-14)8-4-2-3-7(5-12)10(8)11/h2-4,9,13-14H,6H2,1H3. The molecule has 4 heteroatoms. The maximum absolute atomic E-state index is 13.5. The van der Waals surface area contributed by atoms with Crippen LogP contribution in [0.5, 0.6) is 0 Å². The summed E-state index contributed by atoms with van der Waals surface area (Å²) in [7, 11) is 1.62. The monoisotopic (exact) mass is 194 g/mol. The van der Waals surface area contributed by atoms with Crippen molar-refractivity contribution in [1.29, 1.82) is 5.26 Å². The Morgan fingerprint density at radius 1 is 1.64 bits per heavy atom. The van der Waals surface area contributed by atoms with Gasteiger partial charge in [0.05, 0.1) is 18.2 Å². The van der Waals surface area contributed by atoms with E-state index in [4.69, 9.17) is 10.4 Å². The first-order valence-electron chi connectivity index (χ1n) is 4.21. The van der Waals surface area contributed by atoms with Crippen LogP contribution in [0.3, 0.4) is 0 Å². The van der Waals surface area contributed by atoms with Crippen LogP contribution in [0.1, 0.15) is 17.2 Å². The summed E-state index contributed by atoms with van der Waals surface area (Å²) >= 11 is 0. The van der Waals surface area contributed by atoms with E-state index < -0.39 is 11.9 Å². The van der Waals surface area contributed by atoms with Gasteiger partial charge in [0.1, 0.15) is 11.9 Å². The lowest BCUT2D eigenvalue weighted by Crippen LogP contribution is -2.21. The number of hydrogen-bond donors (Lipinski definition) is 2. The topological polar surface area (TPSA) is 56.0 Å². The second-order valence-electron chi connectivity index (χ2n) is 2.84. The molecular formula is C10H11FN2O. The summed E-state index contributed by atoms with van der Waals surface area (Å²) in [5, 5.41) is 20.3. The number of benzene rings is 1. The molecule has 3 nitrogen and oxygen atoms in total. The molecule has 0 radical (unpaired) electrons. The molecule has 0 amide bonds. The first-order valence-corrected chi connectivity index (χ1v) is 4.21. The molecule has 0 aliphatic rings. The molecule has 1 aromatic carbocycles. The highest BCUT2D eigenvalue weighted by atomic mass is 19.1. The van der Waals surface area contributed by atoms with E-state index in [1.54, 1.807) is 25.2 Å². The lowest BCUT2D eigenvalue weighted by Gasteiger charge is -2.14. The molecule has 1 aromatic rings. The van der Waals surface area contributed by atoms with Gasteiger partial charge in [-0.3, -0.25) is 0 Å². The van der Waals surface area contributed by atoms with Crippen molar-refractivity contribution in [2.24, 2.45) is 0 Å². The van der Waals surface area contributed by atoms with Gasteiger partial charge in [0.25, 0.3) is 0 Å². The third-order valence-corrected chi connectivity index (χ3v) is 2.06. The summed E-state index contributed by atoms with van der Waals surface area (Å²) in [6, 6.07) is 5.83. The Bertz CT molecular complexity index is 356. The van der Waals surface area contributed by atoms with Crippen LogP contribution in [0.25, 0.3) is 0 Å². The van der Waals surface area contributed by atoms with E-state index in [0.29, 0.717) is 5.56 Å². The van der Waals surface area contributed by atoms with Crippen LogP contribution in [-0.4, -0.2) is 18.8 Å². The highest BCUT2D eigenvalue weighted by molar-refractivity contribution is 5.36. The van der Waals surface area contributed by atoms with E-state index >= 15 is 0 Å². The van der Waals surface area contributed by atoms with E-state index in [-0.39, 0.29) is 12.2 Å². The van der Waals surface area contributed by atoms with Gasteiger partial charge in [-0.2, -0.15) is 5.26 Å². The van der Waals surface area contributed by atoms with E-state index in [1.807, 2.05) is 0 Å². The SMILES string of the molecule is CNC(CO)c1cccc(C#N)c1F. The zero-order valence-corrected chi connectivity index (χ0v) is 7.79. The molecule has 74 valence electrons. The molecule has 0 saturated carbocycles. The number of likely N-dealkylation sites (N-methyl/N-ethyl adjacent to an activating group) is 1. The fourth-order valence-corrected chi connectivity index (χ4v) is 1.25. The molecule has 0 aliphatic carbocycles. The minimum absolute atomic E-state index is 0.00352. The van der Waals surface area contributed by atoms with Crippen molar-refractivity contribution in [1.82, 2.24) is 5.32 Å². The average Bonchev–Trinajstić information content (AvgIpc) is 2.22. The van der Waals surface area contributed by atoms with E-state index in [2.05, 4.69) is 5.32 Å². The van der Waals surface area contributed by atoms with Crippen LogP contribution >= 0.6 is 0 Å². The minimum atomic E-state index is -0.566. The Kier molecular flexibility index (Phi) is 3.57. The zero-order valence-electron chi connectivity index (χ0n) is 7.79. The molecule has 0 spiro atoms. The number of nitriles is 1. The molecule has 2 N–H and O–H groups in total. The van der Waals surface area contributed by atoms with Gasteiger partial charge in [0.2, 0.25) is 0 Å². The van der Waals surface area contributed by atoms with Gasteiger partial charge < -0.3 is 10.4 Å². The van der Waals surface area contributed by atoms with Gasteiger partial charge >= 0.3 is 0 Å². The van der Waals surface area contributed by atoms with Crippen LogP contribution in [0.4, 0.5) is 4.39 Å². The summed E-state index contributed by atoms with van der Waals surface area (Å²) in [5.74, 6) is -0.566. The van der Waals surface area contributed by atoms with Crippen LogP contribution < -0.4 is 5.32 Å². The van der Waals surface area contributed by atoms with Crippen molar-refractivity contribution in [3.05, 3.63) is 35.1 Å². The number of nitrogens with zero attached hydrogens (tertiary/aromatic N) is 1. The van der Waals surface area contributed by atoms with Crippen molar-refractivity contribution in [2.45, 2.75) is 6.04 Å². The lowest BCUT2D eigenvalue weighted by molar-refractivity contribution is 0.248. The number of nitrogens with one attached hydrogen (secondary N) is 1. The van der Waals surface area contributed by atoms with Gasteiger partial charge in [-0.25, -0.2) is 4.39 Å². The number of rotatable bonds is 3. The Morgan fingerprint density at radius 3 is 2.86 bits per heavy atom. The highest BCUT2D eigenvalue weighted by Gasteiger charge is 2.15.